The molecule has 1 heterocycles. The number of nitrogens with one attached hydrogen (secondary N) is 1. The third-order valence-electron chi connectivity index (χ3n) is 6.54. The summed E-state index contributed by atoms with van der Waals surface area (Å²) in [6, 6.07) is 2.38. The van der Waals surface area contributed by atoms with Crippen molar-refractivity contribution in [3.8, 4) is 0 Å². The maximum absolute atomic E-state index is 3.91. The maximum atomic E-state index is 3.91. The molecule has 0 amide bonds. The summed E-state index contributed by atoms with van der Waals surface area (Å²) in [5.41, 5.74) is 0. The molecule has 2 nitrogen and oxygen atoms in total. The van der Waals surface area contributed by atoms with E-state index in [0.717, 1.165) is 30.0 Å². The second-order valence-electron chi connectivity index (χ2n) is 7.60. The van der Waals surface area contributed by atoms with E-state index in [0.29, 0.717) is 0 Å². The Balaban J connectivity index is 1.62. The molecule has 3 atom stereocenters. The Morgan fingerprint density at radius 1 is 1.05 bits per heavy atom. The van der Waals surface area contributed by atoms with Crippen molar-refractivity contribution in [2.75, 3.05) is 13.1 Å². The third kappa shape index (κ3) is 3.06. The molecule has 0 bridgehead atoms. The van der Waals surface area contributed by atoms with E-state index < -0.39 is 0 Å². The van der Waals surface area contributed by atoms with Crippen molar-refractivity contribution in [1.29, 1.82) is 0 Å². The van der Waals surface area contributed by atoms with Gasteiger partial charge >= 0.3 is 0 Å². The van der Waals surface area contributed by atoms with Gasteiger partial charge < -0.3 is 5.32 Å². The van der Waals surface area contributed by atoms with Gasteiger partial charge in [0.1, 0.15) is 0 Å². The van der Waals surface area contributed by atoms with Crippen LogP contribution in [0.1, 0.15) is 71.6 Å². The van der Waals surface area contributed by atoms with E-state index in [9.17, 15) is 0 Å². The van der Waals surface area contributed by atoms with Gasteiger partial charge in [0.25, 0.3) is 0 Å². The fourth-order valence-electron chi connectivity index (χ4n) is 4.77. The van der Waals surface area contributed by atoms with E-state index in [2.05, 4.69) is 24.1 Å². The van der Waals surface area contributed by atoms with Gasteiger partial charge in [0.15, 0.2) is 0 Å². The summed E-state index contributed by atoms with van der Waals surface area (Å²) in [7, 11) is 0. The quantitative estimate of drug-likeness (QED) is 0.841. The molecule has 3 unspecified atom stereocenters. The topological polar surface area (TPSA) is 15.3 Å². The minimum atomic E-state index is 0.778. The van der Waals surface area contributed by atoms with E-state index in [-0.39, 0.29) is 0 Å². The highest BCUT2D eigenvalue weighted by Crippen LogP contribution is 2.35. The van der Waals surface area contributed by atoms with Crippen LogP contribution in [0.4, 0.5) is 0 Å². The molecule has 3 aliphatic rings. The van der Waals surface area contributed by atoms with Crippen molar-refractivity contribution in [3.63, 3.8) is 0 Å². The van der Waals surface area contributed by atoms with Crippen molar-refractivity contribution in [3.05, 3.63) is 0 Å². The Morgan fingerprint density at radius 3 is 2.40 bits per heavy atom. The standard InChI is InChI=1S/C18H34N2/c1-3-17-12-19-18(16-8-5-4-6-9-16)13-20(17)14(2)15-10-7-11-15/h14-19H,3-13H2,1-2H3. The van der Waals surface area contributed by atoms with Gasteiger partial charge in [-0.25, -0.2) is 0 Å². The van der Waals surface area contributed by atoms with Crippen molar-refractivity contribution < 1.29 is 0 Å². The van der Waals surface area contributed by atoms with Crippen LogP contribution < -0.4 is 5.32 Å². The summed E-state index contributed by atoms with van der Waals surface area (Å²) in [5, 5.41) is 3.91. The van der Waals surface area contributed by atoms with Gasteiger partial charge in [-0.2, -0.15) is 0 Å². The van der Waals surface area contributed by atoms with E-state index in [1.165, 1.54) is 70.9 Å². The molecule has 3 rings (SSSR count). The Hall–Kier alpha value is -0.0800. The molecule has 1 aliphatic heterocycles. The normalized spacial score (nSPS) is 35.7. The first-order valence-electron chi connectivity index (χ1n) is 9.28. The lowest BCUT2D eigenvalue weighted by Gasteiger charge is -2.49. The van der Waals surface area contributed by atoms with Gasteiger partial charge in [-0.1, -0.05) is 32.6 Å². The smallest absolute Gasteiger partial charge is 0.0224 e. The highest BCUT2D eigenvalue weighted by atomic mass is 15.3. The van der Waals surface area contributed by atoms with E-state index in [4.69, 9.17) is 0 Å². The first kappa shape index (κ1) is 14.8. The summed E-state index contributed by atoms with van der Waals surface area (Å²) in [4.78, 5) is 2.89. The van der Waals surface area contributed by atoms with Crippen LogP contribution in [0.2, 0.25) is 0 Å². The summed E-state index contributed by atoms with van der Waals surface area (Å²) in [5.74, 6) is 1.95. The average molecular weight is 278 g/mol. The zero-order valence-electron chi connectivity index (χ0n) is 13.6. The van der Waals surface area contributed by atoms with Crippen LogP contribution in [-0.4, -0.2) is 36.1 Å². The Labute approximate surface area is 125 Å². The largest absolute Gasteiger partial charge is 0.311 e. The van der Waals surface area contributed by atoms with Crippen molar-refractivity contribution in [2.24, 2.45) is 11.8 Å². The fraction of sp³-hybridized carbons (Fsp3) is 1.00. The lowest BCUT2D eigenvalue weighted by molar-refractivity contribution is 0.0206. The van der Waals surface area contributed by atoms with Gasteiger partial charge in [-0.05, 0) is 50.9 Å². The van der Waals surface area contributed by atoms with Crippen LogP contribution in [0.15, 0.2) is 0 Å². The summed E-state index contributed by atoms with van der Waals surface area (Å²) in [6.07, 6.45) is 13.1. The summed E-state index contributed by atoms with van der Waals surface area (Å²) in [6.45, 7) is 7.43. The highest BCUT2D eigenvalue weighted by Gasteiger charge is 2.37. The van der Waals surface area contributed by atoms with Gasteiger partial charge in [-0.15, -0.1) is 0 Å². The second kappa shape index (κ2) is 6.79. The van der Waals surface area contributed by atoms with Crippen LogP contribution in [0.3, 0.4) is 0 Å². The van der Waals surface area contributed by atoms with E-state index >= 15 is 0 Å². The molecule has 2 saturated carbocycles. The van der Waals surface area contributed by atoms with E-state index in [1.807, 2.05) is 0 Å². The van der Waals surface area contributed by atoms with Gasteiger partial charge in [-0.3, -0.25) is 4.90 Å². The SMILES string of the molecule is CCC1CNC(C2CCCCC2)CN1C(C)C1CCC1. The molecule has 0 spiro atoms. The number of nitrogens with zero attached hydrogens (tertiary/aromatic N) is 1. The number of rotatable bonds is 4. The van der Waals surface area contributed by atoms with Crippen molar-refractivity contribution in [2.45, 2.75) is 89.8 Å². The molecule has 0 aromatic heterocycles. The second-order valence-corrected chi connectivity index (χ2v) is 7.60. The molecular weight excluding hydrogens is 244 g/mol. The van der Waals surface area contributed by atoms with Gasteiger partial charge in [0.05, 0.1) is 0 Å². The first-order valence-corrected chi connectivity index (χ1v) is 9.28. The van der Waals surface area contributed by atoms with Crippen LogP contribution in [0.5, 0.6) is 0 Å². The lowest BCUT2D eigenvalue weighted by atomic mass is 9.77. The molecule has 0 radical (unpaired) electrons. The molecular formula is C18H34N2. The van der Waals surface area contributed by atoms with Crippen LogP contribution in [0, 0.1) is 11.8 Å². The molecule has 116 valence electrons. The summed E-state index contributed by atoms with van der Waals surface area (Å²) >= 11 is 0. The Kier molecular flexibility index (Phi) is 5.04. The number of hydrogen-bond acceptors (Lipinski definition) is 2. The third-order valence-corrected chi connectivity index (χ3v) is 6.54. The van der Waals surface area contributed by atoms with Crippen LogP contribution in [0.25, 0.3) is 0 Å². The monoisotopic (exact) mass is 278 g/mol. The molecule has 3 fully saturated rings. The summed E-state index contributed by atoms with van der Waals surface area (Å²) < 4.78 is 0. The molecule has 0 aromatic rings. The first-order chi connectivity index (χ1) is 9.79. The lowest BCUT2D eigenvalue weighted by Crippen LogP contribution is -2.62. The van der Waals surface area contributed by atoms with Crippen molar-refractivity contribution in [1.82, 2.24) is 10.2 Å². The predicted octanol–water partition coefficient (Wildman–Crippen LogP) is 3.81. The fourth-order valence-corrected chi connectivity index (χ4v) is 4.77. The van der Waals surface area contributed by atoms with Gasteiger partial charge in [0, 0.05) is 31.2 Å². The molecule has 20 heavy (non-hydrogen) atoms. The Bertz CT molecular complexity index is 294. The number of hydrogen-bond donors (Lipinski definition) is 1. The zero-order chi connectivity index (χ0) is 13.9. The predicted molar refractivity (Wildman–Crippen MR) is 86.0 cm³/mol. The molecule has 1 saturated heterocycles. The van der Waals surface area contributed by atoms with Crippen LogP contribution >= 0.6 is 0 Å². The zero-order valence-corrected chi connectivity index (χ0v) is 13.6. The Morgan fingerprint density at radius 2 is 1.80 bits per heavy atom. The van der Waals surface area contributed by atoms with Crippen LogP contribution in [-0.2, 0) is 0 Å². The maximum Gasteiger partial charge on any atom is 0.0224 e. The minimum absolute atomic E-state index is 0.778. The average Bonchev–Trinajstić information content (AvgIpc) is 2.45. The molecule has 2 heteroatoms. The molecule has 0 aromatic carbocycles. The minimum Gasteiger partial charge on any atom is -0.311 e. The molecule has 1 N–H and O–H groups in total. The van der Waals surface area contributed by atoms with Gasteiger partial charge in [0.2, 0.25) is 0 Å². The number of piperazine rings is 1. The van der Waals surface area contributed by atoms with Crippen molar-refractivity contribution >= 4 is 0 Å². The highest BCUT2D eigenvalue weighted by molar-refractivity contribution is 4.94. The van der Waals surface area contributed by atoms with E-state index in [1.54, 1.807) is 0 Å². The molecule has 2 aliphatic carbocycles.